The zero-order valence-electron chi connectivity index (χ0n) is 11.3. The molecule has 3 unspecified atom stereocenters. The summed E-state index contributed by atoms with van der Waals surface area (Å²) in [6.45, 7) is 12.8. The second-order valence-corrected chi connectivity index (χ2v) is 5.85. The molecule has 0 amide bonds. The fraction of sp³-hybridized carbons (Fsp3) is 1.00. The predicted molar refractivity (Wildman–Crippen MR) is 68.0 cm³/mol. The Hall–Kier alpha value is -0.0400. The summed E-state index contributed by atoms with van der Waals surface area (Å²) in [5.41, 5.74) is 0.481. The van der Waals surface area contributed by atoms with Crippen LogP contribution in [0.1, 0.15) is 60.3 Å². The minimum absolute atomic E-state index is 0.481. The maximum atomic E-state index is 3.58. The van der Waals surface area contributed by atoms with Crippen LogP contribution in [0.25, 0.3) is 0 Å². The van der Waals surface area contributed by atoms with E-state index < -0.39 is 0 Å². The summed E-state index contributed by atoms with van der Waals surface area (Å²) in [4.78, 5) is 0. The molecule has 1 nitrogen and oxygen atoms in total. The molecule has 0 heterocycles. The van der Waals surface area contributed by atoms with Crippen LogP contribution in [0.15, 0.2) is 0 Å². The van der Waals surface area contributed by atoms with Crippen molar-refractivity contribution in [2.24, 2.45) is 17.3 Å². The van der Waals surface area contributed by atoms with Crippen LogP contribution in [0.2, 0.25) is 0 Å². The van der Waals surface area contributed by atoms with Crippen molar-refractivity contribution in [3.05, 3.63) is 0 Å². The molecule has 0 aromatic rings. The molecule has 1 N–H and O–H groups in total. The topological polar surface area (TPSA) is 12.0 Å². The van der Waals surface area contributed by atoms with Crippen LogP contribution in [0.4, 0.5) is 0 Å². The number of rotatable bonds is 7. The van der Waals surface area contributed by atoms with Crippen LogP contribution in [0.3, 0.4) is 0 Å². The minimum atomic E-state index is 0.481. The quantitative estimate of drug-likeness (QED) is 0.674. The van der Waals surface area contributed by atoms with Gasteiger partial charge in [-0.25, -0.2) is 0 Å². The van der Waals surface area contributed by atoms with E-state index in [1.807, 2.05) is 0 Å². The third-order valence-electron chi connectivity index (χ3n) is 4.43. The monoisotopic (exact) mass is 211 g/mol. The lowest BCUT2D eigenvalue weighted by Gasteiger charge is -2.33. The van der Waals surface area contributed by atoms with E-state index in [1.54, 1.807) is 0 Å². The molecule has 1 fully saturated rings. The van der Waals surface area contributed by atoms with Gasteiger partial charge in [0.1, 0.15) is 0 Å². The van der Waals surface area contributed by atoms with Gasteiger partial charge in [0.05, 0.1) is 0 Å². The molecule has 0 saturated heterocycles. The van der Waals surface area contributed by atoms with Crippen LogP contribution in [0, 0.1) is 17.3 Å². The Bertz CT molecular complexity index is 186. The van der Waals surface area contributed by atoms with E-state index in [1.165, 1.54) is 25.7 Å². The molecule has 0 radical (unpaired) electrons. The van der Waals surface area contributed by atoms with Gasteiger partial charge in [-0.05, 0) is 37.1 Å². The Kier molecular flexibility index (Phi) is 4.64. The normalized spacial score (nSPS) is 27.8. The van der Waals surface area contributed by atoms with Gasteiger partial charge >= 0.3 is 0 Å². The summed E-state index contributed by atoms with van der Waals surface area (Å²) in [5, 5.41) is 3.58. The first-order valence-corrected chi connectivity index (χ1v) is 6.77. The van der Waals surface area contributed by atoms with Gasteiger partial charge < -0.3 is 5.32 Å². The van der Waals surface area contributed by atoms with Gasteiger partial charge in [0, 0.05) is 6.04 Å². The van der Waals surface area contributed by atoms with Gasteiger partial charge in [-0.3, -0.25) is 0 Å². The maximum Gasteiger partial charge on any atom is 0.00925 e. The van der Waals surface area contributed by atoms with Crippen molar-refractivity contribution in [1.82, 2.24) is 5.32 Å². The Balaban J connectivity index is 2.36. The largest absolute Gasteiger partial charge is 0.314 e. The van der Waals surface area contributed by atoms with Crippen molar-refractivity contribution in [3.63, 3.8) is 0 Å². The van der Waals surface area contributed by atoms with Crippen molar-refractivity contribution in [3.8, 4) is 0 Å². The average molecular weight is 211 g/mol. The maximum absolute atomic E-state index is 3.58. The molecule has 90 valence electrons. The van der Waals surface area contributed by atoms with Crippen LogP contribution in [-0.2, 0) is 0 Å². The molecule has 1 heteroatoms. The van der Waals surface area contributed by atoms with Crippen molar-refractivity contribution in [2.45, 2.75) is 66.3 Å². The number of nitrogens with one attached hydrogen (secondary N) is 1. The third-order valence-corrected chi connectivity index (χ3v) is 4.43. The van der Waals surface area contributed by atoms with E-state index in [9.17, 15) is 0 Å². The molecule has 15 heavy (non-hydrogen) atoms. The molecule has 0 spiro atoms. The lowest BCUT2D eigenvalue weighted by atomic mass is 9.79. The molecule has 1 aliphatic rings. The van der Waals surface area contributed by atoms with E-state index in [4.69, 9.17) is 0 Å². The Labute approximate surface area is 96.0 Å². The zero-order valence-corrected chi connectivity index (χ0v) is 11.3. The summed E-state index contributed by atoms with van der Waals surface area (Å²) in [6, 6.07) is 0.652. The average Bonchev–Trinajstić information content (AvgIpc) is 2.95. The van der Waals surface area contributed by atoms with Crippen molar-refractivity contribution >= 4 is 0 Å². The SMILES string of the molecule is CCCCC1CC1C(C)(C)C(C)NCC. The summed E-state index contributed by atoms with van der Waals surface area (Å²) in [7, 11) is 0. The molecule has 0 aromatic carbocycles. The zero-order chi connectivity index (χ0) is 11.5. The van der Waals surface area contributed by atoms with E-state index in [-0.39, 0.29) is 0 Å². The molecule has 1 rings (SSSR count). The van der Waals surface area contributed by atoms with Crippen LogP contribution in [0.5, 0.6) is 0 Å². The Morgan fingerprint density at radius 2 is 2.00 bits per heavy atom. The van der Waals surface area contributed by atoms with Crippen molar-refractivity contribution in [2.75, 3.05) is 6.54 Å². The van der Waals surface area contributed by atoms with Gasteiger partial charge in [-0.15, -0.1) is 0 Å². The second kappa shape index (κ2) is 5.34. The van der Waals surface area contributed by atoms with E-state index in [0.29, 0.717) is 11.5 Å². The summed E-state index contributed by atoms with van der Waals surface area (Å²) >= 11 is 0. The smallest absolute Gasteiger partial charge is 0.00925 e. The van der Waals surface area contributed by atoms with Gasteiger partial charge in [-0.1, -0.05) is 47.0 Å². The molecule has 1 saturated carbocycles. The first-order valence-electron chi connectivity index (χ1n) is 6.77. The highest BCUT2D eigenvalue weighted by Gasteiger charge is 2.48. The Morgan fingerprint density at radius 1 is 1.33 bits per heavy atom. The lowest BCUT2D eigenvalue weighted by Crippen LogP contribution is -2.41. The number of hydrogen-bond acceptors (Lipinski definition) is 1. The van der Waals surface area contributed by atoms with Gasteiger partial charge in [0.25, 0.3) is 0 Å². The number of unbranched alkanes of at least 4 members (excludes halogenated alkanes) is 1. The summed E-state index contributed by atoms with van der Waals surface area (Å²) < 4.78 is 0. The first kappa shape index (κ1) is 13.0. The molecule has 0 aliphatic heterocycles. The lowest BCUT2D eigenvalue weighted by molar-refractivity contribution is 0.207. The highest BCUT2D eigenvalue weighted by atomic mass is 14.9. The summed E-state index contributed by atoms with van der Waals surface area (Å²) in [6.07, 6.45) is 5.71. The predicted octanol–water partition coefficient (Wildman–Crippen LogP) is 3.84. The molecule has 0 aromatic heterocycles. The second-order valence-electron chi connectivity index (χ2n) is 5.85. The first-order chi connectivity index (χ1) is 7.04. The highest BCUT2D eigenvalue weighted by molar-refractivity contribution is 4.99. The molecular formula is C14H29N. The number of hydrogen-bond donors (Lipinski definition) is 1. The standard InChI is InChI=1S/C14H29N/c1-6-8-9-12-10-13(12)14(4,5)11(3)15-7-2/h11-13,15H,6-10H2,1-5H3. The Morgan fingerprint density at radius 3 is 2.53 bits per heavy atom. The van der Waals surface area contributed by atoms with Gasteiger partial charge in [0.2, 0.25) is 0 Å². The van der Waals surface area contributed by atoms with Crippen molar-refractivity contribution in [1.29, 1.82) is 0 Å². The van der Waals surface area contributed by atoms with Gasteiger partial charge in [-0.2, -0.15) is 0 Å². The van der Waals surface area contributed by atoms with E-state index in [0.717, 1.165) is 18.4 Å². The van der Waals surface area contributed by atoms with Crippen LogP contribution < -0.4 is 5.32 Å². The molecule has 1 aliphatic carbocycles. The van der Waals surface area contributed by atoms with Crippen molar-refractivity contribution < 1.29 is 0 Å². The molecular weight excluding hydrogens is 182 g/mol. The van der Waals surface area contributed by atoms with E-state index in [2.05, 4.69) is 39.9 Å². The fourth-order valence-corrected chi connectivity index (χ4v) is 2.83. The van der Waals surface area contributed by atoms with Crippen LogP contribution in [-0.4, -0.2) is 12.6 Å². The van der Waals surface area contributed by atoms with Crippen LogP contribution >= 0.6 is 0 Å². The summed E-state index contributed by atoms with van der Waals surface area (Å²) in [5.74, 6) is 2.00. The minimum Gasteiger partial charge on any atom is -0.314 e. The molecule has 0 bridgehead atoms. The van der Waals surface area contributed by atoms with E-state index >= 15 is 0 Å². The van der Waals surface area contributed by atoms with Gasteiger partial charge in [0.15, 0.2) is 0 Å². The fourth-order valence-electron chi connectivity index (χ4n) is 2.83. The third kappa shape index (κ3) is 3.21. The molecule has 3 atom stereocenters. The highest BCUT2D eigenvalue weighted by Crippen LogP contribution is 2.54.